The van der Waals surface area contributed by atoms with Gasteiger partial charge in [0.15, 0.2) is 5.65 Å². The molecule has 2 unspecified atom stereocenters. The van der Waals surface area contributed by atoms with E-state index in [1.807, 2.05) is 28.7 Å². The molecule has 0 bridgehead atoms. The highest BCUT2D eigenvalue weighted by Gasteiger charge is 2.46. The fraction of sp³-hybridized carbons (Fsp3) is 0.333. The largest absolute Gasteiger partial charge is 0.383 e. The van der Waals surface area contributed by atoms with Crippen molar-refractivity contribution < 1.29 is 17.9 Å². The van der Waals surface area contributed by atoms with Gasteiger partial charge in [0.2, 0.25) is 0 Å². The van der Waals surface area contributed by atoms with Crippen molar-refractivity contribution in [1.29, 1.82) is 0 Å². The summed E-state index contributed by atoms with van der Waals surface area (Å²) in [6.45, 7) is 1.52. The number of nitrogens with zero attached hydrogens (tertiary/aromatic N) is 3. The first-order chi connectivity index (χ1) is 14.7. The molecular formula is C21H19FIN3O3S2. The number of allylic oxidation sites excluding steroid dienone is 3. The minimum atomic E-state index is -4.01. The van der Waals surface area contributed by atoms with Gasteiger partial charge in [-0.3, -0.25) is 0 Å². The zero-order valence-electron chi connectivity index (χ0n) is 16.5. The molecule has 2 aliphatic rings. The number of alkyl halides is 1. The fourth-order valence-electron chi connectivity index (χ4n) is 3.96. The summed E-state index contributed by atoms with van der Waals surface area (Å²) < 4.78 is 40.5. The third kappa shape index (κ3) is 3.13. The molecule has 6 nitrogen and oxygen atoms in total. The maximum absolute atomic E-state index is 14.0. The Morgan fingerprint density at radius 2 is 2.10 bits per heavy atom. The summed E-state index contributed by atoms with van der Waals surface area (Å²) >= 11 is 3.42. The lowest BCUT2D eigenvalue weighted by molar-refractivity contribution is -0.0389. The molecule has 0 radical (unpaired) electrons. The Morgan fingerprint density at radius 1 is 1.32 bits per heavy atom. The lowest BCUT2D eigenvalue weighted by Crippen LogP contribution is -2.45. The number of fused-ring (bicyclic) bond motifs is 1. The third-order valence-electron chi connectivity index (χ3n) is 6.12. The number of rotatable bonds is 4. The Labute approximate surface area is 196 Å². The zero-order chi connectivity index (χ0) is 22.0. The van der Waals surface area contributed by atoms with Crippen molar-refractivity contribution in [3.8, 4) is 10.4 Å². The van der Waals surface area contributed by atoms with Crippen LogP contribution in [0.15, 0.2) is 54.8 Å². The van der Waals surface area contributed by atoms with Gasteiger partial charge in [-0.1, -0.05) is 28.7 Å². The van der Waals surface area contributed by atoms with E-state index >= 15 is 0 Å². The summed E-state index contributed by atoms with van der Waals surface area (Å²) in [6, 6.07) is 3.52. The van der Waals surface area contributed by atoms with Crippen LogP contribution in [0.1, 0.15) is 31.2 Å². The summed E-state index contributed by atoms with van der Waals surface area (Å²) in [5.41, 5.74) is 0.231. The highest BCUT2D eigenvalue weighted by molar-refractivity contribution is 14.1. The van der Waals surface area contributed by atoms with E-state index in [9.17, 15) is 17.9 Å². The summed E-state index contributed by atoms with van der Waals surface area (Å²) in [5.74, 6) is -0.574. The average Bonchev–Trinajstić information content (AvgIpc) is 3.36. The maximum atomic E-state index is 14.0. The van der Waals surface area contributed by atoms with Crippen LogP contribution in [0.2, 0.25) is 0 Å². The lowest BCUT2D eigenvalue weighted by Gasteiger charge is -2.34. The molecule has 1 N–H and O–H groups in total. The van der Waals surface area contributed by atoms with Crippen LogP contribution >= 0.6 is 33.9 Å². The van der Waals surface area contributed by atoms with Gasteiger partial charge in [0.1, 0.15) is 21.2 Å². The van der Waals surface area contributed by atoms with Crippen LogP contribution in [0.25, 0.3) is 21.5 Å². The van der Waals surface area contributed by atoms with E-state index in [1.54, 1.807) is 24.5 Å². The van der Waals surface area contributed by atoms with Crippen molar-refractivity contribution in [2.45, 2.75) is 40.5 Å². The first-order valence-electron chi connectivity index (χ1n) is 9.77. The van der Waals surface area contributed by atoms with Gasteiger partial charge in [-0.15, -0.1) is 11.3 Å². The summed E-state index contributed by atoms with van der Waals surface area (Å²) in [6.07, 6.45) is 11.1. The molecule has 31 heavy (non-hydrogen) atoms. The molecule has 5 rings (SSSR count). The second-order valence-corrected chi connectivity index (χ2v) is 12.7. The normalized spacial score (nSPS) is 25.4. The Bertz CT molecular complexity index is 1360. The molecule has 2 aliphatic carbocycles. The number of thiazole rings is 1. The van der Waals surface area contributed by atoms with Crippen LogP contribution in [0.5, 0.6) is 0 Å². The van der Waals surface area contributed by atoms with E-state index < -0.39 is 30.1 Å². The van der Waals surface area contributed by atoms with E-state index in [0.717, 1.165) is 26.9 Å². The van der Waals surface area contributed by atoms with E-state index in [1.165, 1.54) is 30.5 Å². The van der Waals surface area contributed by atoms with Crippen molar-refractivity contribution in [3.63, 3.8) is 0 Å². The van der Waals surface area contributed by atoms with Crippen LogP contribution in [0.4, 0.5) is 4.39 Å². The van der Waals surface area contributed by atoms with Crippen LogP contribution in [0.3, 0.4) is 0 Å². The van der Waals surface area contributed by atoms with Gasteiger partial charge in [0.25, 0.3) is 10.0 Å². The van der Waals surface area contributed by atoms with Crippen LogP contribution in [0, 0.1) is 0 Å². The van der Waals surface area contributed by atoms with E-state index in [2.05, 4.69) is 9.97 Å². The molecule has 3 heterocycles. The SMILES string of the molecule is CC1(S(=O)(=O)n2ccc3c(-c4cnc(C5(O)CCC5)s4)ccnc32)C=C(F)C=CC1I. The lowest BCUT2D eigenvalue weighted by atomic mass is 9.81. The predicted octanol–water partition coefficient (Wildman–Crippen LogP) is 4.69. The van der Waals surface area contributed by atoms with Crippen molar-refractivity contribution in [2.75, 3.05) is 0 Å². The molecule has 0 spiro atoms. The Morgan fingerprint density at radius 3 is 2.81 bits per heavy atom. The van der Waals surface area contributed by atoms with Crippen molar-refractivity contribution in [2.24, 2.45) is 0 Å². The topological polar surface area (TPSA) is 85.1 Å². The smallest absolute Gasteiger partial charge is 0.250 e. The minimum absolute atomic E-state index is 0.281. The third-order valence-corrected chi connectivity index (χ3v) is 11.8. The molecule has 3 aromatic rings. The molecule has 0 aromatic carbocycles. The molecule has 1 saturated carbocycles. The predicted molar refractivity (Wildman–Crippen MR) is 127 cm³/mol. The van der Waals surface area contributed by atoms with Gasteiger partial charge in [0.05, 0.1) is 8.80 Å². The first kappa shape index (κ1) is 21.2. The van der Waals surface area contributed by atoms with Crippen LogP contribution in [-0.4, -0.2) is 36.1 Å². The molecule has 1 fully saturated rings. The standard InChI is InChI=1S/C21H19FIN3O3S2/c1-20(11-13(22)3-4-17(20)23)31(28,29)26-10-6-15-14(5-9-24-18(15)26)16-12-25-19(30-16)21(27)7-2-8-21/h3-6,9-12,17,27H,2,7-8H2,1H3. The van der Waals surface area contributed by atoms with E-state index in [4.69, 9.17) is 0 Å². The van der Waals surface area contributed by atoms with Gasteiger partial charge in [-0.25, -0.2) is 26.7 Å². The van der Waals surface area contributed by atoms with Crippen molar-refractivity contribution in [1.82, 2.24) is 13.9 Å². The van der Waals surface area contributed by atoms with Crippen molar-refractivity contribution >= 4 is 55.0 Å². The van der Waals surface area contributed by atoms with Crippen LogP contribution < -0.4 is 0 Å². The molecule has 10 heteroatoms. The number of pyridine rings is 1. The maximum Gasteiger partial charge on any atom is 0.250 e. The average molecular weight is 571 g/mol. The Hall–Kier alpha value is -1.63. The summed E-state index contributed by atoms with van der Waals surface area (Å²) in [5, 5.41) is 11.9. The van der Waals surface area contributed by atoms with Gasteiger partial charge in [-0.05, 0) is 50.5 Å². The van der Waals surface area contributed by atoms with Gasteiger partial charge < -0.3 is 5.11 Å². The number of aromatic nitrogens is 3. The van der Waals surface area contributed by atoms with Crippen molar-refractivity contribution in [3.05, 3.63) is 59.8 Å². The monoisotopic (exact) mass is 571 g/mol. The zero-order valence-corrected chi connectivity index (χ0v) is 20.3. The molecule has 3 aromatic heterocycles. The summed E-state index contributed by atoms with van der Waals surface area (Å²) in [7, 11) is -4.01. The fourth-order valence-corrected chi connectivity index (χ4v) is 8.06. The minimum Gasteiger partial charge on any atom is -0.383 e. The Balaban J connectivity index is 1.62. The molecule has 162 valence electrons. The molecule has 0 saturated heterocycles. The molecular weight excluding hydrogens is 552 g/mol. The van der Waals surface area contributed by atoms with Gasteiger partial charge in [0, 0.05) is 29.5 Å². The first-order valence-corrected chi connectivity index (χ1v) is 13.3. The van der Waals surface area contributed by atoms with E-state index in [0.29, 0.717) is 23.2 Å². The highest BCUT2D eigenvalue weighted by Crippen LogP contribution is 2.45. The number of hydrogen-bond acceptors (Lipinski definition) is 6. The number of aliphatic hydroxyl groups is 1. The quantitative estimate of drug-likeness (QED) is 0.363. The molecule has 2 atom stereocenters. The Kier molecular flexibility index (Phi) is 4.92. The molecule has 0 amide bonds. The van der Waals surface area contributed by atoms with E-state index in [-0.39, 0.29) is 5.65 Å². The second-order valence-electron chi connectivity index (χ2n) is 8.10. The van der Waals surface area contributed by atoms with Gasteiger partial charge in [-0.2, -0.15) is 0 Å². The number of halogens is 2. The highest BCUT2D eigenvalue weighted by atomic mass is 127. The van der Waals surface area contributed by atoms with Crippen LogP contribution in [-0.2, 0) is 15.6 Å². The van der Waals surface area contributed by atoms with Gasteiger partial charge >= 0.3 is 0 Å². The second kappa shape index (κ2) is 7.19. The number of hydrogen-bond donors (Lipinski definition) is 1. The summed E-state index contributed by atoms with van der Waals surface area (Å²) in [4.78, 5) is 9.58. The molecule has 0 aliphatic heterocycles.